The molecule has 0 aliphatic carbocycles. The molecule has 2 aromatic heterocycles. The second-order valence-corrected chi connectivity index (χ2v) is 7.71. The molecule has 1 aliphatic rings. The first-order valence-corrected chi connectivity index (χ1v) is 10.00. The van der Waals surface area contributed by atoms with Crippen LogP contribution in [-0.4, -0.2) is 39.3 Å². The Balaban J connectivity index is 1.31. The fraction of sp³-hybridized carbons (Fsp3) is 0.273. The predicted octanol–water partition coefficient (Wildman–Crippen LogP) is 3.18. The van der Waals surface area contributed by atoms with E-state index in [4.69, 9.17) is 0 Å². The number of hydrogen-bond acceptors (Lipinski definition) is 5. The van der Waals surface area contributed by atoms with Crippen LogP contribution in [0.2, 0.25) is 0 Å². The Labute approximate surface area is 172 Å². The largest absolute Gasteiger partial charge is 0.359 e. The summed E-state index contributed by atoms with van der Waals surface area (Å²) in [7, 11) is 0. The molecule has 1 N–H and O–H groups in total. The van der Waals surface area contributed by atoms with Gasteiger partial charge in [0.15, 0.2) is 0 Å². The number of piperidine rings is 1. The van der Waals surface area contributed by atoms with Crippen molar-refractivity contribution in [3.63, 3.8) is 0 Å². The summed E-state index contributed by atoms with van der Waals surface area (Å²) in [4.78, 5) is 15.1. The highest BCUT2D eigenvalue weighted by atomic mass is 16.8. The van der Waals surface area contributed by atoms with Crippen LogP contribution in [0.15, 0.2) is 53.3 Å². The van der Waals surface area contributed by atoms with Gasteiger partial charge in [0.05, 0.1) is 6.20 Å². The number of aromatic amines is 1. The van der Waals surface area contributed by atoms with E-state index in [2.05, 4.69) is 39.0 Å². The van der Waals surface area contributed by atoms with E-state index in [1.54, 1.807) is 18.2 Å². The number of carbonyl (C=O) groups excluding carboxylic acids is 1. The van der Waals surface area contributed by atoms with Crippen molar-refractivity contribution in [3.8, 4) is 11.1 Å². The van der Waals surface area contributed by atoms with Gasteiger partial charge >= 0.3 is 0 Å². The van der Waals surface area contributed by atoms with Crippen LogP contribution in [0.1, 0.15) is 40.4 Å². The molecule has 2 aromatic carbocycles. The molecule has 8 heteroatoms. The Kier molecular flexibility index (Phi) is 4.46. The lowest BCUT2D eigenvalue weighted by Gasteiger charge is -2.32. The topological polar surface area (TPSA) is 102 Å². The second-order valence-electron chi connectivity index (χ2n) is 7.71. The first kappa shape index (κ1) is 18.4. The van der Waals surface area contributed by atoms with E-state index in [1.165, 1.54) is 11.1 Å². The van der Waals surface area contributed by atoms with Crippen LogP contribution in [0.5, 0.6) is 0 Å². The number of likely N-dealkylation sites (tertiary alicyclic amines) is 1. The molecule has 5 rings (SSSR count). The fourth-order valence-corrected chi connectivity index (χ4v) is 4.26. The third kappa shape index (κ3) is 3.10. The van der Waals surface area contributed by atoms with Crippen molar-refractivity contribution in [3.05, 3.63) is 70.7 Å². The number of rotatable bonds is 3. The van der Waals surface area contributed by atoms with Crippen molar-refractivity contribution in [2.75, 3.05) is 13.1 Å². The maximum atomic E-state index is 12.9. The van der Waals surface area contributed by atoms with Crippen LogP contribution in [0.3, 0.4) is 0 Å². The van der Waals surface area contributed by atoms with Gasteiger partial charge < -0.3 is 10.1 Å². The Morgan fingerprint density at radius 2 is 2.00 bits per heavy atom. The van der Waals surface area contributed by atoms with E-state index >= 15 is 0 Å². The standard InChI is InChI=1S/C22H21N5O3/c1-14-4-2-3-5-17(14)18-13-23-24-21(18)15-8-10-26(11-9-15)22(28)16-6-7-20-19(12-16)25-30-27(20)29/h2-7,12-13,15H,8-11H2,1H3,(H,23,24). The van der Waals surface area contributed by atoms with Gasteiger partial charge in [-0.2, -0.15) is 5.10 Å². The minimum atomic E-state index is -0.0560. The normalized spacial score (nSPS) is 15.0. The third-order valence-electron chi connectivity index (χ3n) is 5.93. The molecule has 1 amide bonds. The predicted molar refractivity (Wildman–Crippen MR) is 110 cm³/mol. The highest BCUT2D eigenvalue weighted by Crippen LogP contribution is 2.35. The van der Waals surface area contributed by atoms with Gasteiger partial charge in [-0.15, -0.1) is 0 Å². The van der Waals surface area contributed by atoms with Crippen LogP contribution in [0.25, 0.3) is 22.2 Å². The van der Waals surface area contributed by atoms with Crippen LogP contribution in [-0.2, 0) is 0 Å². The number of carbonyl (C=O) groups is 1. The zero-order chi connectivity index (χ0) is 20.7. The highest BCUT2D eigenvalue weighted by molar-refractivity contribution is 5.97. The smallest absolute Gasteiger partial charge is 0.254 e. The molecule has 1 aliphatic heterocycles. The average molecular weight is 403 g/mol. The highest BCUT2D eigenvalue weighted by Gasteiger charge is 2.28. The lowest BCUT2D eigenvalue weighted by atomic mass is 9.88. The SMILES string of the molecule is Cc1ccccc1-c1cn[nH]c1C1CCN(C(=O)c2ccc3c(c2)no[n+]3[O-])CC1. The van der Waals surface area contributed by atoms with Gasteiger partial charge in [-0.05, 0) is 47.9 Å². The van der Waals surface area contributed by atoms with Crippen molar-refractivity contribution in [2.24, 2.45) is 0 Å². The number of aryl methyl sites for hydroxylation is 1. The molecule has 0 atom stereocenters. The lowest BCUT2D eigenvalue weighted by Crippen LogP contribution is -2.38. The molecule has 0 unspecified atom stereocenters. The Morgan fingerprint density at radius 3 is 2.80 bits per heavy atom. The number of nitrogens with zero attached hydrogens (tertiary/aromatic N) is 4. The maximum Gasteiger partial charge on any atom is 0.254 e. The van der Waals surface area contributed by atoms with E-state index in [9.17, 15) is 10.0 Å². The van der Waals surface area contributed by atoms with Crippen LogP contribution in [0, 0.1) is 12.1 Å². The number of nitrogens with one attached hydrogen (secondary N) is 1. The Bertz CT molecular complexity index is 1220. The Hall–Kier alpha value is -3.68. The van der Waals surface area contributed by atoms with Gasteiger partial charge in [-0.3, -0.25) is 14.5 Å². The van der Waals surface area contributed by atoms with Crippen LogP contribution >= 0.6 is 0 Å². The maximum absolute atomic E-state index is 12.9. The number of hydrogen-bond donors (Lipinski definition) is 1. The monoisotopic (exact) mass is 403 g/mol. The van der Waals surface area contributed by atoms with E-state index < -0.39 is 0 Å². The number of fused-ring (bicyclic) bond motifs is 1. The molecule has 3 heterocycles. The van der Waals surface area contributed by atoms with Gasteiger partial charge in [0.2, 0.25) is 11.0 Å². The Morgan fingerprint density at radius 1 is 1.20 bits per heavy atom. The third-order valence-corrected chi connectivity index (χ3v) is 5.93. The summed E-state index contributed by atoms with van der Waals surface area (Å²) in [5, 5.41) is 22.6. The molecule has 0 bridgehead atoms. The van der Waals surface area contributed by atoms with Crippen molar-refractivity contribution in [2.45, 2.75) is 25.7 Å². The van der Waals surface area contributed by atoms with Crippen molar-refractivity contribution in [1.82, 2.24) is 20.3 Å². The molecule has 0 radical (unpaired) electrons. The minimum absolute atomic E-state index is 0.0560. The summed E-state index contributed by atoms with van der Waals surface area (Å²) >= 11 is 0. The van der Waals surface area contributed by atoms with Crippen LogP contribution < -0.4 is 4.90 Å². The van der Waals surface area contributed by atoms with E-state index in [0.29, 0.717) is 40.5 Å². The zero-order valence-electron chi connectivity index (χ0n) is 16.5. The van der Waals surface area contributed by atoms with E-state index in [0.717, 1.165) is 24.1 Å². The first-order valence-electron chi connectivity index (χ1n) is 10.00. The molecular formula is C22H21N5O3. The summed E-state index contributed by atoms with van der Waals surface area (Å²) in [5.41, 5.74) is 5.89. The average Bonchev–Trinajstić information content (AvgIpc) is 3.40. The summed E-state index contributed by atoms with van der Waals surface area (Å²) < 4.78 is 4.58. The van der Waals surface area contributed by atoms with E-state index in [1.807, 2.05) is 23.2 Å². The fourth-order valence-electron chi connectivity index (χ4n) is 4.26. The lowest BCUT2D eigenvalue weighted by molar-refractivity contribution is -0.782. The van der Waals surface area contributed by atoms with Crippen molar-refractivity contribution < 1.29 is 14.3 Å². The second kappa shape index (κ2) is 7.29. The van der Waals surface area contributed by atoms with Gasteiger partial charge in [-0.1, -0.05) is 24.3 Å². The molecule has 152 valence electrons. The summed E-state index contributed by atoms with van der Waals surface area (Å²) in [6.45, 7) is 3.43. The number of benzene rings is 2. The summed E-state index contributed by atoms with van der Waals surface area (Å²) in [5.74, 6) is 0.267. The molecule has 30 heavy (non-hydrogen) atoms. The molecule has 0 saturated carbocycles. The molecule has 1 fully saturated rings. The molecule has 1 saturated heterocycles. The number of aromatic nitrogens is 4. The number of H-pyrrole nitrogens is 1. The van der Waals surface area contributed by atoms with E-state index in [-0.39, 0.29) is 5.91 Å². The number of amides is 1. The first-order chi connectivity index (χ1) is 14.6. The van der Waals surface area contributed by atoms with Gasteiger partial charge in [0.1, 0.15) is 0 Å². The van der Waals surface area contributed by atoms with Crippen molar-refractivity contribution in [1.29, 1.82) is 0 Å². The summed E-state index contributed by atoms with van der Waals surface area (Å²) in [6, 6.07) is 13.1. The van der Waals surface area contributed by atoms with Crippen LogP contribution in [0.4, 0.5) is 0 Å². The van der Waals surface area contributed by atoms with Gasteiger partial charge in [0.25, 0.3) is 5.91 Å². The quantitative estimate of drug-likeness (QED) is 0.529. The molecule has 8 nitrogen and oxygen atoms in total. The summed E-state index contributed by atoms with van der Waals surface area (Å²) in [6.07, 6.45) is 3.61. The van der Waals surface area contributed by atoms with Gasteiger partial charge in [-0.25, -0.2) is 0 Å². The molecule has 4 aromatic rings. The van der Waals surface area contributed by atoms with Crippen molar-refractivity contribution >= 4 is 16.9 Å². The minimum Gasteiger partial charge on any atom is -0.359 e. The zero-order valence-corrected chi connectivity index (χ0v) is 16.5. The van der Waals surface area contributed by atoms with Gasteiger partial charge in [0, 0.05) is 47.1 Å². The molecule has 0 spiro atoms. The molecular weight excluding hydrogens is 382 g/mol.